The summed E-state index contributed by atoms with van der Waals surface area (Å²) in [6, 6.07) is 9.09. The summed E-state index contributed by atoms with van der Waals surface area (Å²) in [5.41, 5.74) is 1.13. The number of hydrogen-bond acceptors (Lipinski definition) is 9. The second-order valence-corrected chi connectivity index (χ2v) is 5.30. The summed E-state index contributed by atoms with van der Waals surface area (Å²) in [5, 5.41) is 15.2. The number of aromatic nitrogens is 5. The first-order chi connectivity index (χ1) is 13.1. The molecule has 0 fully saturated rings. The fraction of sp³-hybridized carbons (Fsp3) is 0.176. The van der Waals surface area contributed by atoms with Crippen molar-refractivity contribution in [3.05, 3.63) is 58.7 Å². The van der Waals surface area contributed by atoms with Crippen LogP contribution in [0.4, 0.5) is 0 Å². The van der Waals surface area contributed by atoms with Gasteiger partial charge in [0.15, 0.2) is 5.82 Å². The first-order valence-corrected chi connectivity index (χ1v) is 7.73. The van der Waals surface area contributed by atoms with Crippen LogP contribution in [0.15, 0.2) is 34.9 Å². The van der Waals surface area contributed by atoms with E-state index < -0.39 is 11.9 Å². The third-order valence-corrected chi connectivity index (χ3v) is 3.72. The molecule has 0 radical (unpaired) electrons. The van der Waals surface area contributed by atoms with Crippen LogP contribution in [0.2, 0.25) is 0 Å². The fourth-order valence-corrected chi connectivity index (χ4v) is 2.39. The lowest BCUT2D eigenvalue weighted by molar-refractivity contribution is 0.0521. The van der Waals surface area contributed by atoms with Gasteiger partial charge in [-0.25, -0.2) is 14.3 Å². The number of esters is 2. The minimum atomic E-state index is -0.845. The van der Waals surface area contributed by atoms with Gasteiger partial charge in [-0.2, -0.15) is 0 Å². The molecule has 0 saturated carbocycles. The number of tetrazole rings is 1. The number of benzene rings is 1. The lowest BCUT2D eigenvalue weighted by atomic mass is 9.98. The topological polar surface area (TPSA) is 122 Å². The molecule has 2 heterocycles. The molecule has 10 heteroatoms. The minimum absolute atomic E-state index is 0.108. The number of methoxy groups -OCH3 is 2. The molecule has 3 rings (SSSR count). The lowest BCUT2D eigenvalue weighted by Crippen LogP contribution is -2.11. The monoisotopic (exact) mass is 369 g/mol. The highest BCUT2D eigenvalue weighted by Crippen LogP contribution is 2.30. The third kappa shape index (κ3) is 3.45. The number of rotatable bonds is 5. The van der Waals surface area contributed by atoms with Gasteiger partial charge in [-0.05, 0) is 22.1 Å². The van der Waals surface area contributed by atoms with Gasteiger partial charge in [0, 0.05) is 12.6 Å². The van der Waals surface area contributed by atoms with Crippen LogP contribution in [-0.2, 0) is 16.5 Å². The van der Waals surface area contributed by atoms with E-state index in [1.807, 2.05) is 30.3 Å². The van der Waals surface area contributed by atoms with Crippen LogP contribution in [-0.4, -0.2) is 51.5 Å². The van der Waals surface area contributed by atoms with Crippen LogP contribution in [0.3, 0.4) is 0 Å². The van der Waals surface area contributed by atoms with E-state index in [1.54, 1.807) is 13.1 Å². The maximum atomic E-state index is 12.3. The Morgan fingerprint density at radius 2 is 1.81 bits per heavy atom. The van der Waals surface area contributed by atoms with Gasteiger partial charge in [0.2, 0.25) is 0 Å². The molecular formula is C17H15N5O5. The molecule has 2 aromatic heterocycles. The van der Waals surface area contributed by atoms with Gasteiger partial charge in [0.05, 0.1) is 14.2 Å². The molecule has 0 bridgehead atoms. The van der Waals surface area contributed by atoms with Gasteiger partial charge in [0.1, 0.15) is 11.3 Å². The zero-order chi connectivity index (χ0) is 19.4. The second kappa shape index (κ2) is 7.60. The molecule has 0 unspecified atom stereocenters. The Hall–Kier alpha value is -3.82. The van der Waals surface area contributed by atoms with E-state index in [0.717, 1.165) is 0 Å². The summed E-state index contributed by atoms with van der Waals surface area (Å²) in [5.74, 6) is -1.57. The van der Waals surface area contributed by atoms with Crippen molar-refractivity contribution in [1.82, 2.24) is 25.4 Å². The molecule has 27 heavy (non-hydrogen) atoms. The van der Waals surface area contributed by atoms with Crippen LogP contribution in [0, 0.1) is 0 Å². The molecule has 0 N–H and O–H groups in total. The maximum absolute atomic E-state index is 12.3. The van der Waals surface area contributed by atoms with E-state index in [9.17, 15) is 9.59 Å². The van der Waals surface area contributed by atoms with Crippen LogP contribution in [0.25, 0.3) is 11.6 Å². The zero-order valence-corrected chi connectivity index (χ0v) is 14.7. The van der Waals surface area contributed by atoms with Gasteiger partial charge in [-0.15, -0.1) is 5.10 Å². The molecule has 1 aromatic carbocycles. The number of carbonyl (C=O) groups is 2. The number of hydrogen-bond donors (Lipinski definition) is 0. The predicted octanol–water partition coefficient (Wildman–Crippen LogP) is 1.36. The highest BCUT2D eigenvalue weighted by molar-refractivity contribution is 6.06. The van der Waals surface area contributed by atoms with Crippen molar-refractivity contribution in [3.63, 3.8) is 0 Å². The summed E-state index contributed by atoms with van der Waals surface area (Å²) >= 11 is 0. The van der Waals surface area contributed by atoms with E-state index in [-0.39, 0.29) is 17.0 Å². The standard InChI is InChI=1S/C17H15N5O5/c1-22-12(18-20-21-22)9-11(10-7-5-4-6-8-10)14-13(16(23)25-2)15(27-19-14)17(24)26-3/h4-9H,1-3H3/b11-9-. The van der Waals surface area contributed by atoms with Crippen molar-refractivity contribution >= 4 is 23.6 Å². The summed E-state index contributed by atoms with van der Waals surface area (Å²) in [6.07, 6.45) is 1.63. The van der Waals surface area contributed by atoms with E-state index in [4.69, 9.17) is 9.26 Å². The van der Waals surface area contributed by atoms with Gasteiger partial charge in [0.25, 0.3) is 5.76 Å². The normalized spacial score (nSPS) is 11.3. The smallest absolute Gasteiger partial charge is 0.377 e. The van der Waals surface area contributed by atoms with Crippen LogP contribution in [0.5, 0.6) is 0 Å². The Bertz CT molecular complexity index is 1010. The molecule has 0 spiro atoms. The third-order valence-electron chi connectivity index (χ3n) is 3.72. The van der Waals surface area contributed by atoms with Crippen LogP contribution >= 0.6 is 0 Å². The predicted molar refractivity (Wildman–Crippen MR) is 91.4 cm³/mol. The molecule has 0 aliphatic heterocycles. The van der Waals surface area contributed by atoms with Crippen LogP contribution < -0.4 is 0 Å². The van der Waals surface area contributed by atoms with Gasteiger partial charge in [-0.1, -0.05) is 35.5 Å². The van der Waals surface area contributed by atoms with E-state index >= 15 is 0 Å². The molecule has 0 aliphatic rings. The number of nitrogens with zero attached hydrogens (tertiary/aromatic N) is 5. The highest BCUT2D eigenvalue weighted by Gasteiger charge is 2.31. The molecule has 3 aromatic rings. The van der Waals surface area contributed by atoms with Gasteiger partial charge < -0.3 is 14.0 Å². The Kier molecular flexibility index (Phi) is 5.06. The Balaban J connectivity index is 2.26. The quantitative estimate of drug-likeness (QED) is 0.613. The Labute approximate surface area is 153 Å². The molecule has 0 amide bonds. The van der Waals surface area contributed by atoms with E-state index in [1.165, 1.54) is 18.9 Å². The van der Waals surface area contributed by atoms with Crippen molar-refractivity contribution < 1.29 is 23.6 Å². The van der Waals surface area contributed by atoms with Crippen molar-refractivity contribution in [2.24, 2.45) is 7.05 Å². The fourth-order valence-electron chi connectivity index (χ4n) is 2.39. The first-order valence-electron chi connectivity index (χ1n) is 7.73. The molecule has 10 nitrogen and oxygen atoms in total. The van der Waals surface area contributed by atoms with E-state index in [2.05, 4.69) is 25.4 Å². The largest absolute Gasteiger partial charge is 0.465 e. The maximum Gasteiger partial charge on any atom is 0.377 e. The summed E-state index contributed by atoms with van der Waals surface area (Å²) in [4.78, 5) is 24.3. The number of aryl methyl sites for hydroxylation is 1. The van der Waals surface area contributed by atoms with Crippen molar-refractivity contribution in [2.75, 3.05) is 14.2 Å². The number of carbonyl (C=O) groups excluding carboxylic acids is 2. The summed E-state index contributed by atoms with van der Waals surface area (Å²) in [6.45, 7) is 0. The Morgan fingerprint density at radius 3 is 2.41 bits per heavy atom. The zero-order valence-electron chi connectivity index (χ0n) is 14.7. The van der Waals surface area contributed by atoms with E-state index in [0.29, 0.717) is 17.0 Å². The second-order valence-electron chi connectivity index (χ2n) is 5.30. The average molecular weight is 369 g/mol. The molecular weight excluding hydrogens is 354 g/mol. The van der Waals surface area contributed by atoms with Gasteiger partial charge in [-0.3, -0.25) is 0 Å². The SMILES string of the molecule is COC(=O)c1onc(/C(=C\c2nnnn2C)c2ccccc2)c1C(=O)OC. The lowest BCUT2D eigenvalue weighted by Gasteiger charge is -2.07. The van der Waals surface area contributed by atoms with Crippen molar-refractivity contribution in [1.29, 1.82) is 0 Å². The van der Waals surface area contributed by atoms with Crippen molar-refractivity contribution in [2.45, 2.75) is 0 Å². The molecule has 0 saturated heterocycles. The molecule has 0 aliphatic carbocycles. The summed E-state index contributed by atoms with van der Waals surface area (Å²) in [7, 11) is 4.03. The minimum Gasteiger partial charge on any atom is -0.465 e. The highest BCUT2D eigenvalue weighted by atomic mass is 16.6. The van der Waals surface area contributed by atoms with Crippen LogP contribution in [0.1, 0.15) is 38.0 Å². The number of ether oxygens (including phenoxy) is 2. The van der Waals surface area contributed by atoms with Gasteiger partial charge >= 0.3 is 11.9 Å². The van der Waals surface area contributed by atoms with Crippen molar-refractivity contribution in [3.8, 4) is 0 Å². The Morgan fingerprint density at radius 1 is 1.11 bits per heavy atom. The molecule has 0 atom stereocenters. The average Bonchev–Trinajstić information content (AvgIpc) is 3.31. The molecule has 138 valence electrons. The summed E-state index contributed by atoms with van der Waals surface area (Å²) < 4.78 is 16.0. The first kappa shape index (κ1) is 18.0.